The fraction of sp³-hybridized carbons (Fsp3) is 0.714. The highest BCUT2D eigenvalue weighted by molar-refractivity contribution is 5.91. The van der Waals surface area contributed by atoms with E-state index >= 15 is 0 Å². The fourth-order valence-corrected chi connectivity index (χ4v) is 4.17. The van der Waals surface area contributed by atoms with Crippen LogP contribution in [0.4, 0.5) is 0 Å². The second kappa shape index (κ2) is 9.40. The van der Waals surface area contributed by atoms with Crippen LogP contribution in [0, 0.1) is 5.92 Å². The van der Waals surface area contributed by atoms with Crippen molar-refractivity contribution in [2.24, 2.45) is 11.7 Å². The van der Waals surface area contributed by atoms with E-state index in [4.69, 9.17) is 5.73 Å². The smallest absolute Gasteiger partial charge is 0.265 e. The number of nitrogens with one attached hydrogen (secondary N) is 2. The van der Waals surface area contributed by atoms with Crippen LogP contribution in [0.2, 0.25) is 0 Å². The van der Waals surface area contributed by atoms with Gasteiger partial charge in [0.25, 0.3) is 5.91 Å². The first-order valence-corrected chi connectivity index (χ1v) is 10.2. The summed E-state index contributed by atoms with van der Waals surface area (Å²) < 4.78 is 1.62. The SMILES string of the molecule is CCCCC1CC(NC(C)(C)C)CCC1NC(=O)Cn1cccc1C(N)=O. The van der Waals surface area contributed by atoms with Crippen molar-refractivity contribution in [2.45, 2.75) is 90.4 Å². The standard InChI is InChI=1S/C21H36N4O2/c1-5-6-8-15-13-16(24-21(2,3)4)10-11-17(15)23-19(26)14-25-12-7-9-18(25)20(22)27/h7,9,12,15-17,24H,5-6,8,10-11,13-14H2,1-4H3,(H2,22,27)(H,23,26). The molecule has 6 nitrogen and oxygen atoms in total. The molecule has 3 atom stereocenters. The van der Waals surface area contributed by atoms with Crippen molar-refractivity contribution in [3.63, 3.8) is 0 Å². The summed E-state index contributed by atoms with van der Waals surface area (Å²) in [4.78, 5) is 24.0. The number of rotatable bonds is 8. The van der Waals surface area contributed by atoms with Crippen molar-refractivity contribution in [3.05, 3.63) is 24.0 Å². The molecular formula is C21H36N4O2. The minimum absolute atomic E-state index is 0.0533. The van der Waals surface area contributed by atoms with Crippen LogP contribution in [-0.2, 0) is 11.3 Å². The number of carbonyl (C=O) groups is 2. The predicted molar refractivity (Wildman–Crippen MR) is 108 cm³/mol. The number of unbranched alkanes of at least 4 members (excludes halogenated alkanes) is 1. The molecule has 6 heteroatoms. The van der Waals surface area contributed by atoms with Gasteiger partial charge in [0.05, 0.1) is 0 Å². The van der Waals surface area contributed by atoms with Crippen LogP contribution in [0.5, 0.6) is 0 Å². The molecule has 0 bridgehead atoms. The maximum Gasteiger partial charge on any atom is 0.265 e. The van der Waals surface area contributed by atoms with Gasteiger partial charge in [-0.1, -0.05) is 19.8 Å². The van der Waals surface area contributed by atoms with Crippen LogP contribution in [0.3, 0.4) is 0 Å². The second-order valence-corrected chi connectivity index (χ2v) is 8.87. The van der Waals surface area contributed by atoms with Gasteiger partial charge < -0.3 is 20.9 Å². The van der Waals surface area contributed by atoms with Gasteiger partial charge in [-0.2, -0.15) is 0 Å². The van der Waals surface area contributed by atoms with Crippen molar-refractivity contribution in [1.82, 2.24) is 15.2 Å². The zero-order valence-corrected chi connectivity index (χ0v) is 17.3. The molecule has 1 aliphatic carbocycles. The zero-order chi connectivity index (χ0) is 20.0. The van der Waals surface area contributed by atoms with E-state index in [0.29, 0.717) is 17.7 Å². The molecule has 0 saturated heterocycles. The van der Waals surface area contributed by atoms with Gasteiger partial charge in [0.15, 0.2) is 0 Å². The number of hydrogen-bond donors (Lipinski definition) is 3. The highest BCUT2D eigenvalue weighted by Crippen LogP contribution is 2.30. The second-order valence-electron chi connectivity index (χ2n) is 8.87. The van der Waals surface area contributed by atoms with E-state index in [2.05, 4.69) is 38.3 Å². The van der Waals surface area contributed by atoms with Crippen molar-refractivity contribution in [2.75, 3.05) is 0 Å². The molecule has 1 saturated carbocycles. The summed E-state index contributed by atoms with van der Waals surface area (Å²) in [7, 11) is 0. The van der Waals surface area contributed by atoms with Gasteiger partial charge in [0, 0.05) is 23.8 Å². The normalized spacial score (nSPS) is 23.2. The Morgan fingerprint density at radius 2 is 2.04 bits per heavy atom. The van der Waals surface area contributed by atoms with E-state index in [-0.39, 0.29) is 24.0 Å². The maximum atomic E-state index is 12.6. The highest BCUT2D eigenvalue weighted by Gasteiger charge is 2.32. The van der Waals surface area contributed by atoms with Crippen molar-refractivity contribution in [3.8, 4) is 0 Å². The van der Waals surface area contributed by atoms with Gasteiger partial charge in [-0.25, -0.2) is 0 Å². The largest absolute Gasteiger partial charge is 0.364 e. The van der Waals surface area contributed by atoms with Crippen LogP contribution in [0.25, 0.3) is 0 Å². The number of nitrogens with two attached hydrogens (primary N) is 1. The third-order valence-electron chi connectivity index (χ3n) is 5.29. The predicted octanol–water partition coefficient (Wildman–Crippen LogP) is 2.82. The van der Waals surface area contributed by atoms with Crippen molar-refractivity contribution >= 4 is 11.8 Å². The molecule has 0 spiro atoms. The summed E-state index contributed by atoms with van der Waals surface area (Å²) in [6.45, 7) is 8.95. The number of aromatic nitrogens is 1. The molecule has 1 aromatic heterocycles. The quantitative estimate of drug-likeness (QED) is 0.652. The molecule has 1 heterocycles. The Kier molecular flexibility index (Phi) is 7.48. The van der Waals surface area contributed by atoms with E-state index in [1.54, 1.807) is 22.9 Å². The Hall–Kier alpha value is -1.82. The summed E-state index contributed by atoms with van der Waals surface area (Å²) in [5.74, 6) is -0.0763. The number of primary amides is 1. The molecule has 4 N–H and O–H groups in total. The van der Waals surface area contributed by atoms with Gasteiger partial charge in [-0.05, 0) is 64.5 Å². The molecule has 2 rings (SSSR count). The zero-order valence-electron chi connectivity index (χ0n) is 17.3. The molecule has 0 radical (unpaired) electrons. The average molecular weight is 377 g/mol. The first-order chi connectivity index (χ1) is 12.7. The molecule has 1 aliphatic rings. The molecule has 27 heavy (non-hydrogen) atoms. The van der Waals surface area contributed by atoms with Gasteiger partial charge in [0.2, 0.25) is 5.91 Å². The van der Waals surface area contributed by atoms with E-state index in [0.717, 1.165) is 25.7 Å². The van der Waals surface area contributed by atoms with Gasteiger partial charge >= 0.3 is 0 Å². The topological polar surface area (TPSA) is 89.2 Å². The van der Waals surface area contributed by atoms with Crippen LogP contribution in [0.15, 0.2) is 18.3 Å². The molecule has 1 fully saturated rings. The molecule has 3 unspecified atom stereocenters. The number of carbonyl (C=O) groups excluding carboxylic acids is 2. The molecular weight excluding hydrogens is 340 g/mol. The molecule has 0 aromatic carbocycles. The Morgan fingerprint density at radius 3 is 2.67 bits per heavy atom. The average Bonchev–Trinajstić information content (AvgIpc) is 3.01. The summed E-state index contributed by atoms with van der Waals surface area (Å²) in [5.41, 5.74) is 5.84. The first kappa shape index (κ1) is 21.5. The van der Waals surface area contributed by atoms with Crippen molar-refractivity contribution < 1.29 is 9.59 Å². The van der Waals surface area contributed by atoms with Crippen LogP contribution < -0.4 is 16.4 Å². The Labute approximate surface area is 163 Å². The van der Waals surface area contributed by atoms with E-state index in [1.165, 1.54) is 12.8 Å². The Morgan fingerprint density at radius 1 is 1.30 bits per heavy atom. The third kappa shape index (κ3) is 6.69. The monoisotopic (exact) mass is 376 g/mol. The lowest BCUT2D eigenvalue weighted by Gasteiger charge is -2.40. The van der Waals surface area contributed by atoms with Crippen LogP contribution in [0.1, 0.15) is 76.7 Å². The van der Waals surface area contributed by atoms with Crippen molar-refractivity contribution in [1.29, 1.82) is 0 Å². The van der Waals surface area contributed by atoms with Gasteiger partial charge in [-0.15, -0.1) is 0 Å². The first-order valence-electron chi connectivity index (χ1n) is 10.2. The summed E-state index contributed by atoms with van der Waals surface area (Å²) in [5, 5.41) is 6.95. The lowest BCUT2D eigenvalue weighted by molar-refractivity contribution is -0.123. The maximum absolute atomic E-state index is 12.6. The highest BCUT2D eigenvalue weighted by atomic mass is 16.2. The van der Waals surface area contributed by atoms with Gasteiger partial charge in [0.1, 0.15) is 12.2 Å². The summed E-state index contributed by atoms with van der Waals surface area (Å²) >= 11 is 0. The van der Waals surface area contributed by atoms with Crippen LogP contribution >= 0.6 is 0 Å². The number of nitrogens with zero attached hydrogens (tertiary/aromatic N) is 1. The van der Waals surface area contributed by atoms with E-state index in [1.807, 2.05) is 0 Å². The number of hydrogen-bond acceptors (Lipinski definition) is 3. The molecule has 0 aliphatic heterocycles. The lowest BCUT2D eigenvalue weighted by Crippen LogP contribution is -2.52. The third-order valence-corrected chi connectivity index (χ3v) is 5.29. The fourth-order valence-electron chi connectivity index (χ4n) is 4.17. The molecule has 2 amide bonds. The Balaban J connectivity index is 1.97. The van der Waals surface area contributed by atoms with Crippen LogP contribution in [-0.4, -0.2) is 34.0 Å². The molecule has 152 valence electrons. The van der Waals surface area contributed by atoms with Gasteiger partial charge in [-0.3, -0.25) is 9.59 Å². The Bertz CT molecular complexity index is 632. The minimum atomic E-state index is -0.512. The summed E-state index contributed by atoms with van der Waals surface area (Å²) in [6.07, 6.45) is 8.36. The number of amides is 2. The van der Waals surface area contributed by atoms with E-state index in [9.17, 15) is 9.59 Å². The minimum Gasteiger partial charge on any atom is -0.364 e. The summed E-state index contributed by atoms with van der Waals surface area (Å²) in [6, 6.07) is 4.09. The van der Waals surface area contributed by atoms with E-state index < -0.39 is 5.91 Å². The lowest BCUT2D eigenvalue weighted by atomic mass is 9.78. The molecule has 1 aromatic rings.